The Balaban J connectivity index is 2.65. The van der Waals surface area contributed by atoms with Crippen LogP contribution in [0.4, 0.5) is 0 Å². The van der Waals surface area contributed by atoms with Crippen LogP contribution in [0.25, 0.3) is 0 Å². The lowest BCUT2D eigenvalue weighted by molar-refractivity contribution is 0.0963. The van der Waals surface area contributed by atoms with Crippen molar-refractivity contribution < 1.29 is 4.79 Å². The molecular weight excluding hydrogens is 352 g/mol. The van der Waals surface area contributed by atoms with Gasteiger partial charge in [0.05, 0.1) is 20.2 Å². The summed E-state index contributed by atoms with van der Waals surface area (Å²) >= 11 is 12.6. The third-order valence-electron chi connectivity index (χ3n) is 1.29. The number of thiocarbonyl (C=S) groups is 1. The summed E-state index contributed by atoms with van der Waals surface area (Å²) in [6, 6.07) is 1.74. The standard InChI is InChI=1S/C7H6Br2N2OS2/c8-3-1-4(14-6(3)9)7(12)11-2-5(10)13/h1H,2H2,(H2,10,13)(H,11,12). The molecule has 0 radical (unpaired) electrons. The maximum absolute atomic E-state index is 11.5. The van der Waals surface area contributed by atoms with Crippen LogP contribution in [0.3, 0.4) is 0 Å². The molecule has 1 heterocycles. The highest BCUT2D eigenvalue weighted by atomic mass is 79.9. The van der Waals surface area contributed by atoms with Gasteiger partial charge in [-0.2, -0.15) is 0 Å². The molecule has 0 aliphatic carbocycles. The average molecular weight is 358 g/mol. The van der Waals surface area contributed by atoms with Gasteiger partial charge in [-0.15, -0.1) is 11.3 Å². The summed E-state index contributed by atoms with van der Waals surface area (Å²) in [5.41, 5.74) is 5.26. The normalized spacial score (nSPS) is 9.86. The second-order valence-electron chi connectivity index (χ2n) is 2.38. The van der Waals surface area contributed by atoms with E-state index in [2.05, 4.69) is 49.4 Å². The molecule has 0 fully saturated rings. The van der Waals surface area contributed by atoms with E-state index in [1.807, 2.05) is 0 Å². The number of thiophene rings is 1. The quantitative estimate of drug-likeness (QED) is 0.816. The van der Waals surface area contributed by atoms with Gasteiger partial charge in [0.15, 0.2) is 0 Å². The van der Waals surface area contributed by atoms with Gasteiger partial charge in [0.1, 0.15) is 0 Å². The molecule has 1 aromatic rings. The number of amides is 1. The van der Waals surface area contributed by atoms with Gasteiger partial charge in [0, 0.05) is 4.47 Å². The Hall–Kier alpha value is 0.0200. The first kappa shape index (κ1) is 12.1. The highest BCUT2D eigenvalue weighted by Gasteiger charge is 2.11. The molecule has 7 heteroatoms. The second kappa shape index (κ2) is 5.20. The zero-order valence-corrected chi connectivity index (χ0v) is 11.6. The molecule has 3 N–H and O–H groups in total. The van der Waals surface area contributed by atoms with Gasteiger partial charge in [0.25, 0.3) is 5.91 Å². The molecule has 1 aromatic heterocycles. The molecule has 0 saturated heterocycles. The van der Waals surface area contributed by atoms with Crippen molar-refractivity contribution in [2.24, 2.45) is 5.73 Å². The Labute approximate surface area is 107 Å². The molecule has 0 unspecified atom stereocenters. The summed E-state index contributed by atoms with van der Waals surface area (Å²) in [6.07, 6.45) is 0. The maximum Gasteiger partial charge on any atom is 0.261 e. The lowest BCUT2D eigenvalue weighted by Crippen LogP contribution is -2.31. The van der Waals surface area contributed by atoms with Crippen molar-refractivity contribution in [1.29, 1.82) is 0 Å². The lowest BCUT2D eigenvalue weighted by Gasteiger charge is -2.00. The fraction of sp³-hybridized carbons (Fsp3) is 0.143. The van der Waals surface area contributed by atoms with E-state index in [0.717, 1.165) is 8.26 Å². The molecule has 0 bridgehead atoms. The Morgan fingerprint density at radius 2 is 2.29 bits per heavy atom. The summed E-state index contributed by atoms with van der Waals surface area (Å²) in [6.45, 7) is 0.224. The van der Waals surface area contributed by atoms with Crippen molar-refractivity contribution in [2.45, 2.75) is 0 Å². The number of carbonyl (C=O) groups is 1. The Kier molecular flexibility index (Phi) is 4.49. The molecule has 14 heavy (non-hydrogen) atoms. The topological polar surface area (TPSA) is 55.1 Å². The van der Waals surface area contributed by atoms with Crippen LogP contribution in [0.1, 0.15) is 9.67 Å². The van der Waals surface area contributed by atoms with Gasteiger partial charge in [-0.05, 0) is 37.9 Å². The van der Waals surface area contributed by atoms with E-state index in [-0.39, 0.29) is 17.4 Å². The zero-order chi connectivity index (χ0) is 10.7. The molecule has 1 rings (SSSR count). The van der Waals surface area contributed by atoms with E-state index in [0.29, 0.717) is 4.88 Å². The summed E-state index contributed by atoms with van der Waals surface area (Å²) in [7, 11) is 0. The van der Waals surface area contributed by atoms with Crippen molar-refractivity contribution in [1.82, 2.24) is 5.32 Å². The van der Waals surface area contributed by atoms with Crippen molar-refractivity contribution in [2.75, 3.05) is 6.54 Å². The summed E-state index contributed by atoms with van der Waals surface area (Å²) in [5, 5.41) is 2.60. The van der Waals surface area contributed by atoms with E-state index >= 15 is 0 Å². The van der Waals surface area contributed by atoms with Crippen LogP contribution in [0, 0.1) is 0 Å². The van der Waals surface area contributed by atoms with Gasteiger partial charge in [0.2, 0.25) is 0 Å². The molecule has 0 aromatic carbocycles. The van der Waals surface area contributed by atoms with Gasteiger partial charge < -0.3 is 11.1 Å². The highest BCUT2D eigenvalue weighted by Crippen LogP contribution is 2.32. The van der Waals surface area contributed by atoms with Crippen LogP contribution < -0.4 is 11.1 Å². The maximum atomic E-state index is 11.5. The molecule has 0 spiro atoms. The third kappa shape index (κ3) is 3.30. The summed E-state index contributed by atoms with van der Waals surface area (Å²) in [5.74, 6) is -0.172. The number of hydrogen-bond donors (Lipinski definition) is 2. The molecular formula is C7H6Br2N2OS2. The van der Waals surface area contributed by atoms with Gasteiger partial charge in [-0.3, -0.25) is 4.79 Å². The fourth-order valence-electron chi connectivity index (χ4n) is 0.713. The molecule has 76 valence electrons. The predicted octanol–water partition coefficient (Wildman–Crippen LogP) is 2.29. The molecule has 0 saturated carbocycles. The number of nitrogens with one attached hydrogen (secondary N) is 1. The van der Waals surface area contributed by atoms with Crippen LogP contribution in [0.15, 0.2) is 14.3 Å². The van der Waals surface area contributed by atoms with Crippen molar-refractivity contribution >= 4 is 66.3 Å². The van der Waals surface area contributed by atoms with Gasteiger partial charge in [-0.25, -0.2) is 0 Å². The minimum atomic E-state index is -0.172. The first-order chi connectivity index (χ1) is 6.50. The van der Waals surface area contributed by atoms with Crippen LogP contribution >= 0.6 is 55.4 Å². The predicted molar refractivity (Wildman–Crippen MR) is 68.8 cm³/mol. The Morgan fingerprint density at radius 1 is 1.64 bits per heavy atom. The van der Waals surface area contributed by atoms with Crippen LogP contribution in [0.2, 0.25) is 0 Å². The monoisotopic (exact) mass is 356 g/mol. The smallest absolute Gasteiger partial charge is 0.261 e. The van der Waals surface area contributed by atoms with Crippen molar-refractivity contribution in [3.05, 3.63) is 19.2 Å². The molecule has 3 nitrogen and oxygen atoms in total. The van der Waals surface area contributed by atoms with Crippen LogP contribution in [-0.4, -0.2) is 17.4 Å². The van der Waals surface area contributed by atoms with E-state index in [9.17, 15) is 4.79 Å². The van der Waals surface area contributed by atoms with Crippen LogP contribution in [-0.2, 0) is 0 Å². The fourth-order valence-corrected chi connectivity index (χ4v) is 2.74. The van der Waals surface area contributed by atoms with Gasteiger partial charge in [-0.1, -0.05) is 12.2 Å². The number of hydrogen-bond acceptors (Lipinski definition) is 3. The van der Waals surface area contributed by atoms with E-state index in [1.54, 1.807) is 6.07 Å². The van der Waals surface area contributed by atoms with Crippen LogP contribution in [0.5, 0.6) is 0 Å². The lowest BCUT2D eigenvalue weighted by atomic mass is 10.4. The van der Waals surface area contributed by atoms with E-state index < -0.39 is 0 Å². The van der Waals surface area contributed by atoms with Crippen molar-refractivity contribution in [3.63, 3.8) is 0 Å². The minimum absolute atomic E-state index is 0.172. The number of halogens is 2. The number of rotatable bonds is 3. The number of carbonyl (C=O) groups excluding carboxylic acids is 1. The molecule has 0 aliphatic heterocycles. The molecule has 1 amide bonds. The molecule has 0 atom stereocenters. The van der Waals surface area contributed by atoms with Crippen molar-refractivity contribution in [3.8, 4) is 0 Å². The average Bonchev–Trinajstić information content (AvgIpc) is 2.43. The van der Waals surface area contributed by atoms with E-state index in [1.165, 1.54) is 11.3 Å². The zero-order valence-electron chi connectivity index (χ0n) is 6.84. The SMILES string of the molecule is NC(=S)CNC(=O)c1cc(Br)c(Br)s1. The summed E-state index contributed by atoms with van der Waals surface area (Å²) < 4.78 is 1.75. The molecule has 0 aliphatic rings. The Bertz CT molecular complexity index is 358. The first-order valence-electron chi connectivity index (χ1n) is 3.52. The number of nitrogens with two attached hydrogens (primary N) is 1. The Morgan fingerprint density at radius 3 is 2.71 bits per heavy atom. The van der Waals surface area contributed by atoms with E-state index in [4.69, 9.17) is 5.73 Å². The highest BCUT2D eigenvalue weighted by molar-refractivity contribution is 9.13. The second-order valence-corrected chi connectivity index (χ2v) is 6.13. The summed E-state index contributed by atoms with van der Waals surface area (Å²) in [4.78, 5) is 12.3. The van der Waals surface area contributed by atoms with Gasteiger partial charge >= 0.3 is 0 Å². The first-order valence-corrected chi connectivity index (χ1v) is 6.33. The largest absolute Gasteiger partial charge is 0.392 e. The third-order valence-corrected chi connectivity index (χ3v) is 4.69. The minimum Gasteiger partial charge on any atom is -0.392 e.